The van der Waals surface area contributed by atoms with E-state index >= 15 is 0 Å². The highest BCUT2D eigenvalue weighted by atomic mass is 19.4. The molecular weight excluding hydrogens is 309 g/mol. The van der Waals surface area contributed by atoms with Gasteiger partial charge in [0.15, 0.2) is 0 Å². The number of H-pyrrole nitrogens is 1. The number of aromatic amines is 1. The molecule has 1 atom stereocenters. The Morgan fingerprint density at radius 3 is 2.78 bits per heavy atom. The predicted octanol–water partition coefficient (Wildman–Crippen LogP) is 2.71. The van der Waals surface area contributed by atoms with Crippen molar-refractivity contribution in [2.45, 2.75) is 25.1 Å². The summed E-state index contributed by atoms with van der Waals surface area (Å²) in [7, 11) is 0. The molecule has 1 aliphatic heterocycles. The molecule has 1 unspecified atom stereocenters. The molecule has 0 amide bonds. The number of rotatable bonds is 2. The lowest BCUT2D eigenvalue weighted by Crippen LogP contribution is -2.28. The summed E-state index contributed by atoms with van der Waals surface area (Å²) in [5, 5.41) is 0. The summed E-state index contributed by atoms with van der Waals surface area (Å²) < 4.78 is 39.2. The molecule has 0 radical (unpaired) electrons. The van der Waals surface area contributed by atoms with Gasteiger partial charge in [-0.25, -0.2) is 0 Å². The van der Waals surface area contributed by atoms with Crippen LogP contribution in [0.15, 0.2) is 35.3 Å². The Hall–Kier alpha value is -2.51. The molecule has 5 nitrogen and oxygen atoms in total. The fourth-order valence-electron chi connectivity index (χ4n) is 2.88. The van der Waals surface area contributed by atoms with Crippen LogP contribution < -0.4 is 16.2 Å². The molecule has 1 fully saturated rings. The Labute approximate surface area is 130 Å². The first-order chi connectivity index (χ1) is 10.9. The van der Waals surface area contributed by atoms with Gasteiger partial charge in [-0.05, 0) is 31.0 Å². The minimum Gasteiger partial charge on any atom is -0.394 e. The molecule has 1 aliphatic rings. The van der Waals surface area contributed by atoms with Gasteiger partial charge in [0.1, 0.15) is 11.5 Å². The molecule has 122 valence electrons. The lowest BCUT2D eigenvalue weighted by molar-refractivity contribution is -0.137. The third-order valence-corrected chi connectivity index (χ3v) is 3.95. The van der Waals surface area contributed by atoms with E-state index in [2.05, 4.69) is 9.97 Å². The van der Waals surface area contributed by atoms with Gasteiger partial charge < -0.3 is 15.6 Å². The summed E-state index contributed by atoms with van der Waals surface area (Å²) in [6.07, 6.45) is -1.48. The van der Waals surface area contributed by atoms with Crippen LogP contribution in [-0.4, -0.2) is 16.5 Å². The monoisotopic (exact) mass is 324 g/mol. The van der Waals surface area contributed by atoms with Crippen molar-refractivity contribution in [1.29, 1.82) is 0 Å². The number of aromatic nitrogens is 2. The number of pyridine rings is 2. The van der Waals surface area contributed by atoms with Gasteiger partial charge in [0.05, 0.1) is 17.3 Å². The van der Waals surface area contributed by atoms with Crippen molar-refractivity contribution < 1.29 is 13.2 Å². The standard InChI is InChI=1S/C15H15F3N4O/c16-15(17,18)9-8-12(21-14(23)13(9)19)22-7-3-5-11(22)10-4-1-2-6-20-10/h1-2,4,6,8,11H,3,5,7,19H2,(H,21,23). The van der Waals surface area contributed by atoms with Crippen molar-refractivity contribution in [3.05, 3.63) is 52.1 Å². The van der Waals surface area contributed by atoms with Crippen LogP contribution in [0.4, 0.5) is 24.7 Å². The van der Waals surface area contributed by atoms with Crippen molar-refractivity contribution in [2.24, 2.45) is 0 Å². The number of anilines is 2. The number of nitrogens with zero attached hydrogens (tertiary/aromatic N) is 2. The van der Waals surface area contributed by atoms with E-state index in [0.717, 1.165) is 24.6 Å². The van der Waals surface area contributed by atoms with Gasteiger partial charge in [0.2, 0.25) is 0 Å². The zero-order valence-corrected chi connectivity index (χ0v) is 12.1. The van der Waals surface area contributed by atoms with E-state index in [1.165, 1.54) is 0 Å². The van der Waals surface area contributed by atoms with E-state index in [4.69, 9.17) is 5.73 Å². The summed E-state index contributed by atoms with van der Waals surface area (Å²) in [6, 6.07) is 6.15. The van der Waals surface area contributed by atoms with Crippen LogP contribution in [0.1, 0.15) is 30.1 Å². The SMILES string of the molecule is Nc1c(C(F)(F)F)cc(N2CCCC2c2ccccn2)[nH]c1=O. The van der Waals surface area contributed by atoms with E-state index in [9.17, 15) is 18.0 Å². The quantitative estimate of drug-likeness (QED) is 0.891. The molecule has 0 spiro atoms. The zero-order valence-electron chi connectivity index (χ0n) is 12.1. The molecule has 23 heavy (non-hydrogen) atoms. The number of hydrogen-bond acceptors (Lipinski definition) is 4. The molecule has 0 bridgehead atoms. The molecule has 0 aromatic carbocycles. The van der Waals surface area contributed by atoms with Gasteiger partial charge in [-0.1, -0.05) is 6.07 Å². The number of nitrogens with two attached hydrogens (primary N) is 1. The highest BCUT2D eigenvalue weighted by Crippen LogP contribution is 2.38. The lowest BCUT2D eigenvalue weighted by atomic mass is 10.1. The summed E-state index contributed by atoms with van der Waals surface area (Å²) >= 11 is 0. The Balaban J connectivity index is 2.04. The van der Waals surface area contributed by atoms with Crippen LogP contribution in [0.2, 0.25) is 0 Å². The summed E-state index contributed by atoms with van der Waals surface area (Å²) in [5.74, 6) is 0.115. The van der Waals surface area contributed by atoms with Crippen LogP contribution in [-0.2, 0) is 6.18 Å². The summed E-state index contributed by atoms with van der Waals surface area (Å²) in [6.45, 7) is 0.540. The third kappa shape index (κ3) is 2.88. The van der Waals surface area contributed by atoms with Crippen molar-refractivity contribution in [1.82, 2.24) is 9.97 Å². The predicted molar refractivity (Wildman–Crippen MR) is 80.0 cm³/mol. The van der Waals surface area contributed by atoms with Crippen molar-refractivity contribution in [3.63, 3.8) is 0 Å². The average Bonchev–Trinajstić information content (AvgIpc) is 2.99. The lowest BCUT2D eigenvalue weighted by Gasteiger charge is -2.26. The zero-order chi connectivity index (χ0) is 16.6. The molecule has 3 heterocycles. The molecule has 3 rings (SSSR count). The van der Waals surface area contributed by atoms with E-state index in [0.29, 0.717) is 6.54 Å². The fraction of sp³-hybridized carbons (Fsp3) is 0.333. The first-order valence-corrected chi connectivity index (χ1v) is 7.15. The second kappa shape index (κ2) is 5.60. The second-order valence-electron chi connectivity index (χ2n) is 5.41. The van der Waals surface area contributed by atoms with Crippen molar-refractivity contribution in [3.8, 4) is 0 Å². The minimum atomic E-state index is -4.67. The maximum absolute atomic E-state index is 13.1. The van der Waals surface area contributed by atoms with Crippen molar-refractivity contribution in [2.75, 3.05) is 17.2 Å². The molecule has 2 aromatic rings. The maximum atomic E-state index is 13.1. The van der Waals surface area contributed by atoms with Crippen molar-refractivity contribution >= 4 is 11.5 Å². The first kappa shape index (κ1) is 15.4. The molecule has 0 saturated carbocycles. The number of alkyl halides is 3. The average molecular weight is 324 g/mol. The van der Waals surface area contributed by atoms with E-state index in [1.54, 1.807) is 17.2 Å². The van der Waals surface area contributed by atoms with Gasteiger partial charge in [0.25, 0.3) is 5.56 Å². The molecular formula is C15H15F3N4O. The number of halogens is 3. The minimum absolute atomic E-state index is 0.115. The van der Waals surface area contributed by atoms with E-state index in [1.807, 2.05) is 12.1 Å². The van der Waals surface area contributed by atoms with Gasteiger partial charge in [0, 0.05) is 12.7 Å². The molecule has 0 aliphatic carbocycles. The van der Waals surface area contributed by atoms with Crippen LogP contribution in [0.25, 0.3) is 0 Å². The van der Waals surface area contributed by atoms with E-state index in [-0.39, 0.29) is 11.9 Å². The van der Waals surface area contributed by atoms with Gasteiger partial charge in [-0.15, -0.1) is 0 Å². The van der Waals surface area contributed by atoms with Gasteiger partial charge >= 0.3 is 6.18 Å². The summed E-state index contributed by atoms with van der Waals surface area (Å²) in [4.78, 5) is 20.2. The topological polar surface area (TPSA) is 75.0 Å². The smallest absolute Gasteiger partial charge is 0.394 e. The second-order valence-corrected chi connectivity index (χ2v) is 5.41. The largest absolute Gasteiger partial charge is 0.418 e. The highest BCUT2D eigenvalue weighted by Gasteiger charge is 2.36. The Morgan fingerprint density at radius 2 is 2.13 bits per heavy atom. The van der Waals surface area contributed by atoms with Crippen LogP contribution >= 0.6 is 0 Å². The van der Waals surface area contributed by atoms with E-state index < -0.39 is 23.0 Å². The molecule has 1 saturated heterocycles. The Bertz CT molecular complexity index is 758. The number of nitrogen functional groups attached to an aromatic ring is 1. The van der Waals surface area contributed by atoms with Gasteiger partial charge in [-0.2, -0.15) is 13.2 Å². The molecule has 3 N–H and O–H groups in total. The highest BCUT2D eigenvalue weighted by molar-refractivity contribution is 5.55. The first-order valence-electron chi connectivity index (χ1n) is 7.15. The fourth-order valence-corrected chi connectivity index (χ4v) is 2.88. The number of hydrogen-bond donors (Lipinski definition) is 2. The third-order valence-electron chi connectivity index (χ3n) is 3.95. The van der Waals surface area contributed by atoms with Crippen LogP contribution in [0.5, 0.6) is 0 Å². The normalized spacial score (nSPS) is 18.4. The Morgan fingerprint density at radius 1 is 1.35 bits per heavy atom. The summed E-state index contributed by atoms with van der Waals surface area (Å²) in [5.41, 5.74) is 3.20. The van der Waals surface area contributed by atoms with Crippen LogP contribution in [0.3, 0.4) is 0 Å². The van der Waals surface area contributed by atoms with Gasteiger partial charge in [-0.3, -0.25) is 9.78 Å². The molecule has 2 aromatic heterocycles. The number of nitrogens with one attached hydrogen (secondary N) is 1. The molecule has 8 heteroatoms. The van der Waals surface area contributed by atoms with Crippen LogP contribution in [0, 0.1) is 0 Å². The Kier molecular flexibility index (Phi) is 3.75. The maximum Gasteiger partial charge on any atom is 0.418 e.